The van der Waals surface area contributed by atoms with E-state index in [1.807, 2.05) is 0 Å². The number of benzene rings is 2. The molecule has 0 amide bonds. The molecule has 3 rings (SSSR count). The van der Waals surface area contributed by atoms with Crippen LogP contribution in [0.4, 0.5) is 0 Å². The molecule has 1 aromatic heterocycles. The summed E-state index contributed by atoms with van der Waals surface area (Å²) in [4.78, 5) is 31.7. The molecule has 0 fully saturated rings. The van der Waals surface area contributed by atoms with Crippen LogP contribution in [0, 0.1) is 0 Å². The van der Waals surface area contributed by atoms with Gasteiger partial charge in [-0.3, -0.25) is 0 Å². The fourth-order valence-electron chi connectivity index (χ4n) is 2.17. The van der Waals surface area contributed by atoms with Gasteiger partial charge in [0.05, 0.1) is 29.3 Å². The molecule has 21 heavy (non-hydrogen) atoms. The molecule has 0 saturated heterocycles. The molecular formula is C15H10N2O4. The van der Waals surface area contributed by atoms with E-state index < -0.39 is 11.9 Å². The van der Waals surface area contributed by atoms with Gasteiger partial charge in [-0.15, -0.1) is 0 Å². The van der Waals surface area contributed by atoms with Crippen LogP contribution < -0.4 is 0 Å². The van der Waals surface area contributed by atoms with E-state index in [4.69, 9.17) is 4.74 Å². The van der Waals surface area contributed by atoms with Gasteiger partial charge < -0.3 is 9.84 Å². The average Bonchev–Trinajstić information content (AvgIpc) is 2.50. The quantitative estimate of drug-likeness (QED) is 0.573. The summed E-state index contributed by atoms with van der Waals surface area (Å²) in [5.41, 5.74) is 1.91. The molecule has 6 nitrogen and oxygen atoms in total. The van der Waals surface area contributed by atoms with Crippen molar-refractivity contribution < 1.29 is 19.4 Å². The number of hydrogen-bond donors (Lipinski definition) is 1. The van der Waals surface area contributed by atoms with Gasteiger partial charge in [-0.25, -0.2) is 19.6 Å². The van der Waals surface area contributed by atoms with Crippen molar-refractivity contribution in [3.05, 3.63) is 47.5 Å². The predicted molar refractivity (Wildman–Crippen MR) is 75.3 cm³/mol. The number of carboxylic acid groups (broad SMARTS) is 1. The van der Waals surface area contributed by atoms with Crippen LogP contribution in [0.15, 0.2) is 36.4 Å². The highest BCUT2D eigenvalue weighted by Gasteiger charge is 2.15. The number of rotatable bonds is 2. The predicted octanol–water partition coefficient (Wildman–Crippen LogP) is 2.27. The lowest BCUT2D eigenvalue weighted by atomic mass is 10.1. The maximum absolute atomic E-state index is 11.8. The zero-order valence-corrected chi connectivity index (χ0v) is 11.0. The number of fused-ring (bicyclic) bond motifs is 2. The molecule has 0 radical (unpaired) electrons. The minimum atomic E-state index is -1.07. The second-order valence-corrected chi connectivity index (χ2v) is 4.37. The van der Waals surface area contributed by atoms with Crippen molar-refractivity contribution in [2.75, 3.05) is 7.11 Å². The fourth-order valence-corrected chi connectivity index (χ4v) is 2.17. The number of para-hydroxylation sites is 2. The van der Waals surface area contributed by atoms with Crippen LogP contribution in [-0.4, -0.2) is 34.1 Å². The number of nitrogens with zero attached hydrogens (tertiary/aromatic N) is 2. The molecule has 0 spiro atoms. The molecule has 0 unspecified atom stereocenters. The van der Waals surface area contributed by atoms with Crippen molar-refractivity contribution in [1.29, 1.82) is 0 Å². The van der Waals surface area contributed by atoms with Gasteiger partial charge in [-0.05, 0) is 24.3 Å². The van der Waals surface area contributed by atoms with Crippen molar-refractivity contribution in [1.82, 2.24) is 9.97 Å². The number of esters is 1. The summed E-state index contributed by atoms with van der Waals surface area (Å²) >= 11 is 0. The molecule has 6 heteroatoms. The van der Waals surface area contributed by atoms with Crippen molar-refractivity contribution in [3.63, 3.8) is 0 Å². The maximum atomic E-state index is 11.8. The minimum absolute atomic E-state index is 0.0744. The smallest absolute Gasteiger partial charge is 0.340 e. The number of hydrogen-bond acceptors (Lipinski definition) is 5. The highest BCUT2D eigenvalue weighted by Crippen LogP contribution is 2.22. The Kier molecular flexibility index (Phi) is 2.98. The Morgan fingerprint density at radius 2 is 1.48 bits per heavy atom. The van der Waals surface area contributed by atoms with Crippen LogP contribution in [0.3, 0.4) is 0 Å². The Hall–Kier alpha value is -3.02. The molecule has 104 valence electrons. The zero-order valence-electron chi connectivity index (χ0n) is 11.0. The summed E-state index contributed by atoms with van der Waals surface area (Å²) in [6.07, 6.45) is 0. The Balaban J connectivity index is 2.40. The molecule has 0 saturated carbocycles. The van der Waals surface area contributed by atoms with Crippen molar-refractivity contribution in [2.24, 2.45) is 0 Å². The Morgan fingerprint density at radius 3 is 2.00 bits per heavy atom. The Bertz CT molecular complexity index is 889. The molecule has 3 aromatic rings. The standard InChI is InChI=1S/C15H10N2O4/c1-21-15(20)9-5-3-7-11-13(9)17-10-6-2-4-8(14(18)19)12(10)16-11/h2-7H,1H3,(H,18,19). The number of aromatic carboxylic acids is 1. The van der Waals surface area contributed by atoms with Gasteiger partial charge in [0.2, 0.25) is 0 Å². The lowest BCUT2D eigenvalue weighted by molar-refractivity contribution is 0.0601. The number of ether oxygens (including phenoxy) is 1. The zero-order chi connectivity index (χ0) is 15.0. The number of carbonyl (C=O) groups excluding carboxylic acids is 1. The summed E-state index contributed by atoms with van der Waals surface area (Å²) in [7, 11) is 1.29. The first-order valence-corrected chi connectivity index (χ1v) is 6.13. The number of aromatic nitrogens is 2. The fraction of sp³-hybridized carbons (Fsp3) is 0.0667. The van der Waals surface area contributed by atoms with E-state index in [0.717, 1.165) is 0 Å². The third-order valence-corrected chi connectivity index (χ3v) is 3.13. The highest BCUT2D eigenvalue weighted by atomic mass is 16.5. The molecule has 0 aliphatic carbocycles. The van der Waals surface area contributed by atoms with E-state index in [2.05, 4.69) is 9.97 Å². The van der Waals surface area contributed by atoms with Crippen LogP contribution in [0.5, 0.6) is 0 Å². The van der Waals surface area contributed by atoms with E-state index in [1.165, 1.54) is 13.2 Å². The number of carbonyl (C=O) groups is 2. The van der Waals surface area contributed by atoms with Crippen LogP contribution in [-0.2, 0) is 4.74 Å². The Labute approximate surface area is 119 Å². The largest absolute Gasteiger partial charge is 0.478 e. The molecule has 1 heterocycles. The normalized spacial score (nSPS) is 10.7. The SMILES string of the molecule is COC(=O)c1cccc2nc3c(C(=O)O)cccc3nc12. The van der Waals surface area contributed by atoms with Gasteiger partial charge in [0.1, 0.15) is 11.0 Å². The molecule has 0 aliphatic rings. The van der Waals surface area contributed by atoms with E-state index in [1.54, 1.807) is 30.3 Å². The lowest BCUT2D eigenvalue weighted by Gasteiger charge is -2.06. The van der Waals surface area contributed by atoms with Crippen LogP contribution >= 0.6 is 0 Å². The first-order valence-electron chi connectivity index (χ1n) is 6.13. The van der Waals surface area contributed by atoms with Gasteiger partial charge in [0.15, 0.2) is 0 Å². The molecular weight excluding hydrogens is 272 g/mol. The van der Waals surface area contributed by atoms with E-state index >= 15 is 0 Å². The summed E-state index contributed by atoms with van der Waals surface area (Å²) in [6, 6.07) is 9.63. The van der Waals surface area contributed by atoms with E-state index in [9.17, 15) is 14.7 Å². The summed E-state index contributed by atoms with van der Waals surface area (Å²) < 4.78 is 4.72. The van der Waals surface area contributed by atoms with Crippen LogP contribution in [0.25, 0.3) is 22.1 Å². The molecule has 2 aromatic carbocycles. The summed E-state index contributed by atoms with van der Waals surface area (Å²) in [5, 5.41) is 9.19. The number of methoxy groups -OCH3 is 1. The van der Waals surface area contributed by atoms with Crippen LogP contribution in [0.2, 0.25) is 0 Å². The first kappa shape index (κ1) is 13.0. The van der Waals surface area contributed by atoms with Gasteiger partial charge in [-0.1, -0.05) is 12.1 Å². The van der Waals surface area contributed by atoms with E-state index in [0.29, 0.717) is 27.6 Å². The first-order chi connectivity index (χ1) is 10.1. The lowest BCUT2D eigenvalue weighted by Crippen LogP contribution is -2.05. The van der Waals surface area contributed by atoms with Crippen molar-refractivity contribution in [3.8, 4) is 0 Å². The average molecular weight is 282 g/mol. The second-order valence-electron chi connectivity index (χ2n) is 4.37. The second kappa shape index (κ2) is 4.82. The summed E-state index contributed by atoms with van der Waals surface area (Å²) in [6.45, 7) is 0. The minimum Gasteiger partial charge on any atom is -0.478 e. The topological polar surface area (TPSA) is 89.4 Å². The maximum Gasteiger partial charge on any atom is 0.340 e. The monoisotopic (exact) mass is 282 g/mol. The van der Waals surface area contributed by atoms with Gasteiger partial charge >= 0.3 is 11.9 Å². The third kappa shape index (κ3) is 2.06. The van der Waals surface area contributed by atoms with Crippen LogP contribution in [0.1, 0.15) is 20.7 Å². The molecule has 0 bridgehead atoms. The van der Waals surface area contributed by atoms with E-state index in [-0.39, 0.29) is 5.56 Å². The van der Waals surface area contributed by atoms with Crippen molar-refractivity contribution in [2.45, 2.75) is 0 Å². The Morgan fingerprint density at radius 1 is 0.952 bits per heavy atom. The summed E-state index contributed by atoms with van der Waals surface area (Å²) in [5.74, 6) is -1.58. The number of carboxylic acids is 1. The van der Waals surface area contributed by atoms with Gasteiger partial charge in [0.25, 0.3) is 0 Å². The highest BCUT2D eigenvalue weighted by molar-refractivity contribution is 6.06. The van der Waals surface area contributed by atoms with Crippen molar-refractivity contribution >= 4 is 34.0 Å². The van der Waals surface area contributed by atoms with Gasteiger partial charge in [-0.2, -0.15) is 0 Å². The molecule has 1 N–H and O–H groups in total. The molecule has 0 atom stereocenters. The van der Waals surface area contributed by atoms with Gasteiger partial charge in [0, 0.05) is 0 Å². The molecule has 0 aliphatic heterocycles. The third-order valence-electron chi connectivity index (χ3n) is 3.13.